The molecule has 0 heterocycles. The second-order valence-electron chi connectivity index (χ2n) is 5.79. The van der Waals surface area contributed by atoms with E-state index in [1.54, 1.807) is 13.0 Å². The number of nitrogens with one attached hydrogen (secondary N) is 1. The van der Waals surface area contributed by atoms with Gasteiger partial charge in [0.15, 0.2) is 0 Å². The molecule has 0 spiro atoms. The Hall–Kier alpha value is -1.15. The molecule has 23 heavy (non-hydrogen) atoms. The Kier molecular flexibility index (Phi) is 6.59. The summed E-state index contributed by atoms with van der Waals surface area (Å²) >= 11 is 0. The van der Waals surface area contributed by atoms with Crippen LogP contribution in [0.15, 0.2) is 23.1 Å². The lowest BCUT2D eigenvalue weighted by molar-refractivity contribution is 0.0596. The number of ether oxygens (including phenoxy) is 1. The van der Waals surface area contributed by atoms with Crippen molar-refractivity contribution in [2.24, 2.45) is 5.73 Å². The van der Waals surface area contributed by atoms with Crippen LogP contribution in [0.1, 0.15) is 41.6 Å². The summed E-state index contributed by atoms with van der Waals surface area (Å²) < 4.78 is 32.9. The molecule has 0 bridgehead atoms. The minimum atomic E-state index is -3.85. The van der Waals surface area contributed by atoms with Crippen molar-refractivity contribution in [3.8, 4) is 0 Å². The van der Waals surface area contributed by atoms with Gasteiger partial charge in [-0.15, -0.1) is 12.4 Å². The van der Waals surface area contributed by atoms with Crippen molar-refractivity contribution in [1.29, 1.82) is 0 Å². The number of esters is 1. The summed E-state index contributed by atoms with van der Waals surface area (Å²) in [6.07, 6.45) is 3.30. The van der Waals surface area contributed by atoms with Crippen LogP contribution in [0.25, 0.3) is 0 Å². The summed E-state index contributed by atoms with van der Waals surface area (Å²) in [4.78, 5) is 11.8. The number of carbonyl (C=O) groups is 1. The smallest absolute Gasteiger partial charge is 0.339 e. The van der Waals surface area contributed by atoms with Gasteiger partial charge >= 0.3 is 5.97 Å². The second-order valence-corrected chi connectivity index (χ2v) is 7.44. The molecule has 1 aliphatic rings. The Labute approximate surface area is 143 Å². The molecule has 0 atom stereocenters. The lowest BCUT2D eigenvalue weighted by Crippen LogP contribution is -2.51. The standard InChI is InChI=1S/C15H22N2O4S.ClH/c1-11-5-6-13(12(9-11)14(18)21-2)22(19,20)17-15(10-16)7-3-4-8-15;/h5-6,9,17H,3-4,7-8,10,16H2,1-2H3;1H. The first kappa shape index (κ1) is 19.9. The van der Waals surface area contributed by atoms with Crippen LogP contribution in [0.3, 0.4) is 0 Å². The van der Waals surface area contributed by atoms with Gasteiger partial charge in [0.05, 0.1) is 17.6 Å². The third-order valence-electron chi connectivity index (χ3n) is 4.13. The zero-order valence-electron chi connectivity index (χ0n) is 13.3. The maximum atomic E-state index is 12.7. The second kappa shape index (κ2) is 7.61. The fraction of sp³-hybridized carbons (Fsp3) is 0.533. The van der Waals surface area contributed by atoms with Gasteiger partial charge in [-0.3, -0.25) is 0 Å². The van der Waals surface area contributed by atoms with Crippen LogP contribution < -0.4 is 10.5 Å². The summed E-state index contributed by atoms with van der Waals surface area (Å²) in [6.45, 7) is 2.03. The van der Waals surface area contributed by atoms with Crippen LogP contribution in [0.2, 0.25) is 0 Å². The van der Waals surface area contributed by atoms with E-state index in [1.165, 1.54) is 19.2 Å². The molecule has 1 saturated carbocycles. The maximum Gasteiger partial charge on any atom is 0.339 e. The number of hydrogen-bond donors (Lipinski definition) is 2. The molecule has 1 aromatic carbocycles. The zero-order valence-corrected chi connectivity index (χ0v) is 14.9. The topological polar surface area (TPSA) is 98.5 Å². The number of methoxy groups -OCH3 is 1. The molecule has 3 N–H and O–H groups in total. The molecule has 1 aliphatic carbocycles. The fourth-order valence-electron chi connectivity index (χ4n) is 2.89. The van der Waals surface area contributed by atoms with Crippen LogP contribution in [-0.2, 0) is 14.8 Å². The lowest BCUT2D eigenvalue weighted by Gasteiger charge is -2.28. The van der Waals surface area contributed by atoms with Crippen molar-refractivity contribution < 1.29 is 17.9 Å². The van der Waals surface area contributed by atoms with Gasteiger partial charge in [-0.25, -0.2) is 17.9 Å². The number of rotatable bonds is 5. The van der Waals surface area contributed by atoms with E-state index in [-0.39, 0.29) is 29.4 Å². The van der Waals surface area contributed by atoms with Crippen LogP contribution in [0, 0.1) is 6.92 Å². The van der Waals surface area contributed by atoms with Gasteiger partial charge in [-0.05, 0) is 31.9 Å². The first-order chi connectivity index (χ1) is 10.3. The first-order valence-electron chi connectivity index (χ1n) is 7.27. The first-order valence-corrected chi connectivity index (χ1v) is 8.75. The summed E-state index contributed by atoms with van der Waals surface area (Å²) in [5, 5.41) is 0. The maximum absolute atomic E-state index is 12.7. The minimum Gasteiger partial charge on any atom is -0.465 e. The number of benzene rings is 1. The van der Waals surface area contributed by atoms with Crippen molar-refractivity contribution >= 4 is 28.4 Å². The highest BCUT2D eigenvalue weighted by atomic mass is 35.5. The van der Waals surface area contributed by atoms with E-state index in [0.29, 0.717) is 12.8 Å². The van der Waals surface area contributed by atoms with Gasteiger partial charge in [-0.1, -0.05) is 24.5 Å². The van der Waals surface area contributed by atoms with Crippen LogP contribution >= 0.6 is 12.4 Å². The minimum absolute atomic E-state index is 0. The molecule has 6 nitrogen and oxygen atoms in total. The predicted octanol–water partition coefficient (Wildman–Crippen LogP) is 1.75. The quantitative estimate of drug-likeness (QED) is 0.777. The molecule has 0 saturated heterocycles. The summed E-state index contributed by atoms with van der Waals surface area (Å²) in [5.41, 5.74) is 6.00. The zero-order chi connectivity index (χ0) is 16.4. The predicted molar refractivity (Wildman–Crippen MR) is 90.3 cm³/mol. The summed E-state index contributed by atoms with van der Waals surface area (Å²) in [7, 11) is -2.62. The van der Waals surface area contributed by atoms with Crippen molar-refractivity contribution in [3.63, 3.8) is 0 Å². The molecule has 1 aromatic rings. The molecule has 8 heteroatoms. The number of aryl methyl sites for hydroxylation is 1. The largest absolute Gasteiger partial charge is 0.465 e. The van der Waals surface area contributed by atoms with E-state index in [9.17, 15) is 13.2 Å². The number of hydrogen-bond acceptors (Lipinski definition) is 5. The monoisotopic (exact) mass is 362 g/mol. The molecule has 0 aliphatic heterocycles. The Bertz CT molecular complexity index is 670. The molecule has 0 amide bonds. The van der Waals surface area contributed by atoms with Crippen LogP contribution in [-0.4, -0.2) is 33.6 Å². The van der Waals surface area contributed by atoms with Crippen LogP contribution in [0.5, 0.6) is 0 Å². The molecule has 0 radical (unpaired) electrons. The van der Waals surface area contributed by atoms with E-state index in [4.69, 9.17) is 10.5 Å². The molecule has 0 unspecified atom stereocenters. The Morgan fingerprint density at radius 1 is 1.35 bits per heavy atom. The molecule has 0 aromatic heterocycles. The Balaban J connectivity index is 0.00000264. The molecular weight excluding hydrogens is 340 g/mol. The van der Waals surface area contributed by atoms with E-state index in [0.717, 1.165) is 18.4 Å². The molecule has 130 valence electrons. The average molecular weight is 363 g/mol. The third-order valence-corrected chi connectivity index (χ3v) is 5.77. The number of carbonyl (C=O) groups excluding carboxylic acids is 1. The van der Waals surface area contributed by atoms with Gasteiger partial charge in [0.2, 0.25) is 10.0 Å². The number of nitrogens with two attached hydrogens (primary N) is 1. The number of halogens is 1. The van der Waals surface area contributed by atoms with Gasteiger partial charge in [-0.2, -0.15) is 0 Å². The third kappa shape index (κ3) is 4.23. The molecular formula is C15H23ClN2O4S. The van der Waals surface area contributed by atoms with Gasteiger partial charge < -0.3 is 10.5 Å². The summed E-state index contributed by atoms with van der Waals surface area (Å²) in [6, 6.07) is 4.61. The SMILES string of the molecule is COC(=O)c1cc(C)ccc1S(=O)(=O)NC1(CN)CCCC1.Cl. The van der Waals surface area contributed by atoms with Crippen molar-refractivity contribution in [2.75, 3.05) is 13.7 Å². The average Bonchev–Trinajstić information content (AvgIpc) is 2.94. The van der Waals surface area contributed by atoms with Crippen molar-refractivity contribution in [3.05, 3.63) is 29.3 Å². The van der Waals surface area contributed by atoms with Crippen LogP contribution in [0.4, 0.5) is 0 Å². The van der Waals surface area contributed by atoms with Gasteiger partial charge in [0, 0.05) is 12.1 Å². The normalized spacial score (nSPS) is 16.7. The highest BCUT2D eigenvalue weighted by Crippen LogP contribution is 2.31. The van der Waals surface area contributed by atoms with E-state index in [1.807, 2.05) is 0 Å². The molecule has 2 rings (SSSR count). The van der Waals surface area contributed by atoms with Gasteiger partial charge in [0.1, 0.15) is 0 Å². The highest BCUT2D eigenvalue weighted by Gasteiger charge is 2.38. The van der Waals surface area contributed by atoms with E-state index >= 15 is 0 Å². The number of sulfonamides is 1. The van der Waals surface area contributed by atoms with E-state index in [2.05, 4.69) is 4.72 Å². The van der Waals surface area contributed by atoms with E-state index < -0.39 is 21.5 Å². The van der Waals surface area contributed by atoms with Crippen molar-refractivity contribution in [1.82, 2.24) is 4.72 Å². The van der Waals surface area contributed by atoms with Gasteiger partial charge in [0.25, 0.3) is 0 Å². The fourth-order valence-corrected chi connectivity index (χ4v) is 4.53. The Morgan fingerprint density at radius 3 is 2.48 bits per heavy atom. The Morgan fingerprint density at radius 2 is 1.96 bits per heavy atom. The highest BCUT2D eigenvalue weighted by molar-refractivity contribution is 7.89. The lowest BCUT2D eigenvalue weighted by atomic mass is 10.0. The van der Waals surface area contributed by atoms with Crippen molar-refractivity contribution in [2.45, 2.75) is 43.0 Å². The molecule has 1 fully saturated rings. The summed E-state index contributed by atoms with van der Waals surface area (Å²) in [5.74, 6) is -0.669.